The lowest BCUT2D eigenvalue weighted by molar-refractivity contribution is -0.115. The molecule has 214 valence electrons. The SMILES string of the molecule is CN(C)CC[C@@H](NC(=O)C1=Nc2cc3c(nc2C1)CC[C@H](C(C)(C)C)C3)c1cccc(C(=O)N2CCNCC2)c1. The van der Waals surface area contributed by atoms with E-state index < -0.39 is 0 Å². The van der Waals surface area contributed by atoms with Gasteiger partial charge >= 0.3 is 0 Å². The van der Waals surface area contributed by atoms with Crippen molar-refractivity contribution < 1.29 is 9.59 Å². The maximum absolute atomic E-state index is 13.5. The molecule has 1 aliphatic carbocycles. The minimum absolute atomic E-state index is 0.0420. The highest BCUT2D eigenvalue weighted by molar-refractivity contribution is 6.40. The Morgan fingerprint density at radius 3 is 2.65 bits per heavy atom. The maximum Gasteiger partial charge on any atom is 0.266 e. The summed E-state index contributed by atoms with van der Waals surface area (Å²) in [5.41, 5.74) is 6.58. The molecule has 5 rings (SSSR count). The molecule has 0 unspecified atom stereocenters. The first-order chi connectivity index (χ1) is 19.1. The molecule has 8 nitrogen and oxygen atoms in total. The van der Waals surface area contributed by atoms with E-state index in [4.69, 9.17) is 9.98 Å². The number of aliphatic imine (C=N–C) groups is 1. The molecule has 1 aromatic carbocycles. The van der Waals surface area contributed by atoms with Crippen molar-refractivity contribution in [1.29, 1.82) is 0 Å². The summed E-state index contributed by atoms with van der Waals surface area (Å²) in [6.07, 6.45) is 4.35. The maximum atomic E-state index is 13.5. The minimum Gasteiger partial charge on any atom is -0.344 e. The lowest BCUT2D eigenvalue weighted by Gasteiger charge is -2.34. The Labute approximate surface area is 238 Å². The highest BCUT2D eigenvalue weighted by atomic mass is 16.2. The zero-order chi connectivity index (χ0) is 28.4. The fraction of sp³-hybridized carbons (Fsp3) is 0.562. The molecule has 3 heterocycles. The van der Waals surface area contributed by atoms with E-state index in [0.717, 1.165) is 62.3 Å². The number of amides is 2. The van der Waals surface area contributed by atoms with Gasteiger partial charge in [-0.05, 0) is 87.0 Å². The van der Waals surface area contributed by atoms with Gasteiger partial charge in [0.25, 0.3) is 11.8 Å². The molecule has 2 amide bonds. The number of hydrogen-bond acceptors (Lipinski definition) is 6. The van der Waals surface area contributed by atoms with Gasteiger partial charge in [-0.1, -0.05) is 32.9 Å². The van der Waals surface area contributed by atoms with E-state index in [2.05, 4.69) is 42.4 Å². The first-order valence-corrected chi connectivity index (χ1v) is 14.7. The van der Waals surface area contributed by atoms with Gasteiger partial charge in [0.2, 0.25) is 0 Å². The molecular formula is C32H44N6O2. The molecular weight excluding hydrogens is 500 g/mol. The highest BCUT2D eigenvalue weighted by Crippen LogP contribution is 2.39. The third kappa shape index (κ3) is 6.44. The summed E-state index contributed by atoms with van der Waals surface area (Å²) >= 11 is 0. The topological polar surface area (TPSA) is 89.9 Å². The molecule has 2 aliphatic heterocycles. The zero-order valence-corrected chi connectivity index (χ0v) is 24.7. The van der Waals surface area contributed by atoms with Crippen LogP contribution in [0.25, 0.3) is 0 Å². The van der Waals surface area contributed by atoms with E-state index in [1.165, 1.54) is 11.3 Å². The molecule has 1 saturated heterocycles. The number of piperazine rings is 1. The lowest BCUT2D eigenvalue weighted by atomic mass is 9.71. The van der Waals surface area contributed by atoms with Gasteiger partial charge in [-0.25, -0.2) is 4.99 Å². The van der Waals surface area contributed by atoms with Crippen molar-refractivity contribution in [1.82, 2.24) is 25.4 Å². The molecule has 0 saturated carbocycles. The molecule has 2 aromatic rings. The summed E-state index contributed by atoms with van der Waals surface area (Å²) in [5.74, 6) is 0.506. The normalized spacial score (nSPS) is 19.6. The molecule has 1 fully saturated rings. The average Bonchev–Trinajstić information content (AvgIpc) is 3.36. The van der Waals surface area contributed by atoms with Gasteiger partial charge < -0.3 is 20.4 Å². The molecule has 40 heavy (non-hydrogen) atoms. The van der Waals surface area contributed by atoms with Gasteiger partial charge in [0.05, 0.1) is 17.4 Å². The van der Waals surface area contributed by atoms with E-state index in [9.17, 15) is 9.59 Å². The summed E-state index contributed by atoms with van der Waals surface area (Å²) in [6.45, 7) is 10.8. The number of carbonyl (C=O) groups excluding carboxylic acids is 2. The predicted molar refractivity (Wildman–Crippen MR) is 159 cm³/mol. The van der Waals surface area contributed by atoms with Gasteiger partial charge in [0.15, 0.2) is 0 Å². The van der Waals surface area contributed by atoms with Crippen LogP contribution in [0.2, 0.25) is 0 Å². The van der Waals surface area contributed by atoms with Crippen LogP contribution in [0, 0.1) is 11.3 Å². The van der Waals surface area contributed by atoms with Gasteiger partial charge in [0.1, 0.15) is 5.71 Å². The zero-order valence-electron chi connectivity index (χ0n) is 24.7. The van der Waals surface area contributed by atoms with Crippen molar-refractivity contribution >= 4 is 23.2 Å². The first-order valence-electron chi connectivity index (χ1n) is 14.7. The van der Waals surface area contributed by atoms with Crippen LogP contribution in [-0.4, -0.2) is 79.1 Å². The van der Waals surface area contributed by atoms with Crippen LogP contribution >= 0.6 is 0 Å². The molecule has 8 heteroatoms. The number of aryl methyl sites for hydroxylation is 1. The Bertz CT molecular complexity index is 1290. The number of benzene rings is 1. The summed E-state index contributed by atoms with van der Waals surface area (Å²) in [6, 6.07) is 9.67. The third-order valence-corrected chi connectivity index (χ3v) is 8.63. The van der Waals surface area contributed by atoms with Gasteiger partial charge in [-0.3, -0.25) is 14.6 Å². The van der Waals surface area contributed by atoms with Crippen molar-refractivity contribution in [3.8, 4) is 0 Å². The Morgan fingerprint density at radius 2 is 1.93 bits per heavy atom. The van der Waals surface area contributed by atoms with Crippen molar-refractivity contribution in [3.05, 3.63) is 58.4 Å². The van der Waals surface area contributed by atoms with Crippen LogP contribution in [0.1, 0.15) is 72.5 Å². The van der Waals surface area contributed by atoms with Crippen LogP contribution in [0.5, 0.6) is 0 Å². The fourth-order valence-corrected chi connectivity index (χ4v) is 6.03. The Morgan fingerprint density at radius 1 is 1.15 bits per heavy atom. The average molecular weight is 545 g/mol. The van der Waals surface area contributed by atoms with Crippen LogP contribution in [0.15, 0.2) is 35.3 Å². The van der Waals surface area contributed by atoms with Gasteiger partial charge in [-0.2, -0.15) is 0 Å². The van der Waals surface area contributed by atoms with Crippen LogP contribution in [0.3, 0.4) is 0 Å². The van der Waals surface area contributed by atoms with E-state index in [-0.39, 0.29) is 23.3 Å². The Hall–Kier alpha value is -3.10. The van der Waals surface area contributed by atoms with Crippen LogP contribution in [-0.2, 0) is 24.1 Å². The monoisotopic (exact) mass is 544 g/mol. The molecule has 2 N–H and O–H groups in total. The van der Waals surface area contributed by atoms with E-state index in [1.807, 2.05) is 43.3 Å². The molecule has 3 aliphatic rings. The number of nitrogens with zero attached hydrogens (tertiary/aromatic N) is 4. The molecule has 1 aromatic heterocycles. The number of fused-ring (bicyclic) bond motifs is 2. The number of hydrogen-bond donors (Lipinski definition) is 2. The highest BCUT2D eigenvalue weighted by Gasteiger charge is 2.32. The number of pyridine rings is 1. The van der Waals surface area contributed by atoms with E-state index in [0.29, 0.717) is 36.7 Å². The van der Waals surface area contributed by atoms with E-state index in [1.54, 1.807) is 0 Å². The van der Waals surface area contributed by atoms with Crippen molar-refractivity contribution in [2.45, 2.75) is 58.9 Å². The number of nitrogens with one attached hydrogen (secondary N) is 2. The third-order valence-electron chi connectivity index (χ3n) is 8.63. The lowest BCUT2D eigenvalue weighted by Crippen LogP contribution is -2.46. The Kier molecular flexibility index (Phi) is 8.38. The minimum atomic E-state index is -0.231. The first kappa shape index (κ1) is 28.4. The van der Waals surface area contributed by atoms with Crippen molar-refractivity contribution in [3.63, 3.8) is 0 Å². The second-order valence-electron chi connectivity index (χ2n) is 12.9. The second-order valence-corrected chi connectivity index (χ2v) is 12.9. The predicted octanol–water partition coefficient (Wildman–Crippen LogP) is 3.72. The standard InChI is InChI=1S/C32H44N6O2/c1-32(2,3)24-9-10-25-23(18-24)19-27-28(34-25)20-29(35-27)30(39)36-26(11-14-37(4)5)21-7-6-8-22(17-21)31(40)38-15-12-33-13-16-38/h6-8,17,19,24,26,33H,9-16,18,20H2,1-5H3,(H,36,39)/t24-,26+/m0/s1. The summed E-state index contributed by atoms with van der Waals surface area (Å²) in [5, 5.41) is 6.54. The fourth-order valence-electron chi connectivity index (χ4n) is 6.03. The number of aromatic nitrogens is 1. The smallest absolute Gasteiger partial charge is 0.266 e. The largest absolute Gasteiger partial charge is 0.344 e. The summed E-state index contributed by atoms with van der Waals surface area (Å²) < 4.78 is 0. The van der Waals surface area contributed by atoms with E-state index >= 15 is 0 Å². The number of carbonyl (C=O) groups is 2. The van der Waals surface area contributed by atoms with Crippen LogP contribution in [0.4, 0.5) is 5.69 Å². The number of rotatable bonds is 7. The second kappa shape index (κ2) is 11.8. The molecule has 0 bridgehead atoms. The van der Waals surface area contributed by atoms with Crippen molar-refractivity contribution in [2.24, 2.45) is 16.3 Å². The summed E-state index contributed by atoms with van der Waals surface area (Å²) in [7, 11) is 4.05. The molecule has 2 atom stereocenters. The molecule has 0 radical (unpaired) electrons. The molecule has 0 spiro atoms. The van der Waals surface area contributed by atoms with Crippen LogP contribution < -0.4 is 10.6 Å². The van der Waals surface area contributed by atoms with Gasteiger partial charge in [-0.15, -0.1) is 0 Å². The van der Waals surface area contributed by atoms with Gasteiger partial charge in [0, 0.05) is 43.9 Å². The summed E-state index contributed by atoms with van der Waals surface area (Å²) in [4.78, 5) is 40.4. The van der Waals surface area contributed by atoms with Crippen molar-refractivity contribution in [2.75, 3.05) is 46.8 Å². The Balaban J connectivity index is 1.32. The quantitative estimate of drug-likeness (QED) is 0.555.